The Morgan fingerprint density at radius 2 is 2.07 bits per heavy atom. The molecule has 0 spiro atoms. The second-order valence-electron chi connectivity index (χ2n) is 3.51. The van der Waals surface area contributed by atoms with Crippen molar-refractivity contribution in [2.45, 2.75) is 11.3 Å². The second-order valence-corrected chi connectivity index (χ2v) is 4.84. The van der Waals surface area contributed by atoms with Crippen LogP contribution in [-0.4, -0.2) is 24.2 Å². The van der Waals surface area contributed by atoms with Gasteiger partial charge in [-0.2, -0.15) is 11.8 Å². The third kappa shape index (κ3) is 2.50. The molecule has 1 atom stereocenters. The Morgan fingerprint density at radius 3 is 2.64 bits per heavy atom. The van der Waals surface area contributed by atoms with E-state index in [1.807, 2.05) is 30.0 Å². The average molecular weight is 209 g/mol. The summed E-state index contributed by atoms with van der Waals surface area (Å²) in [4.78, 5) is 0. The lowest BCUT2D eigenvalue weighted by molar-refractivity contribution is 0.0455. The molecule has 0 aromatic heterocycles. The highest BCUT2D eigenvalue weighted by molar-refractivity contribution is 8.00. The van der Waals surface area contributed by atoms with Gasteiger partial charge in [-0.15, -0.1) is 0 Å². The van der Waals surface area contributed by atoms with Crippen molar-refractivity contribution in [3.8, 4) is 0 Å². The molecule has 2 nitrogen and oxygen atoms in total. The molecule has 1 aliphatic heterocycles. The van der Waals surface area contributed by atoms with Crippen LogP contribution in [0.25, 0.3) is 0 Å². The molecule has 1 aromatic rings. The van der Waals surface area contributed by atoms with Crippen molar-refractivity contribution in [2.24, 2.45) is 5.73 Å². The zero-order valence-electron chi connectivity index (χ0n) is 8.06. The highest BCUT2D eigenvalue weighted by Gasteiger charge is 2.19. The maximum absolute atomic E-state index is 6.06. The number of hydrogen-bond donors (Lipinski definition) is 1. The lowest BCUT2D eigenvalue weighted by Crippen LogP contribution is -2.31. The van der Waals surface area contributed by atoms with Crippen LogP contribution in [0.1, 0.15) is 11.6 Å². The van der Waals surface area contributed by atoms with Crippen LogP contribution in [-0.2, 0) is 4.74 Å². The van der Waals surface area contributed by atoms with Crippen molar-refractivity contribution in [2.75, 3.05) is 19.0 Å². The van der Waals surface area contributed by atoms with Gasteiger partial charge in [-0.05, 0) is 5.56 Å². The van der Waals surface area contributed by atoms with Crippen LogP contribution < -0.4 is 5.73 Å². The molecule has 0 radical (unpaired) electrons. The molecule has 3 heteroatoms. The fourth-order valence-electron chi connectivity index (χ4n) is 1.35. The van der Waals surface area contributed by atoms with Crippen molar-refractivity contribution >= 4 is 11.8 Å². The Hall–Kier alpha value is -0.510. The smallest absolute Gasteiger partial charge is 0.0607 e. The molecule has 1 fully saturated rings. The van der Waals surface area contributed by atoms with E-state index in [0.717, 1.165) is 19.0 Å². The topological polar surface area (TPSA) is 35.2 Å². The summed E-state index contributed by atoms with van der Waals surface area (Å²) in [5.74, 6) is 0.984. The van der Waals surface area contributed by atoms with Crippen molar-refractivity contribution in [3.63, 3.8) is 0 Å². The Labute approximate surface area is 88.8 Å². The molecule has 1 aliphatic rings. The molecule has 2 N–H and O–H groups in total. The molecule has 76 valence electrons. The second kappa shape index (κ2) is 4.82. The van der Waals surface area contributed by atoms with Crippen LogP contribution in [0.5, 0.6) is 0 Å². The molecule has 1 saturated heterocycles. The molecule has 1 heterocycles. The van der Waals surface area contributed by atoms with Crippen molar-refractivity contribution in [3.05, 3.63) is 35.9 Å². The predicted molar refractivity (Wildman–Crippen MR) is 60.4 cm³/mol. The van der Waals surface area contributed by atoms with E-state index in [4.69, 9.17) is 10.5 Å². The van der Waals surface area contributed by atoms with Crippen molar-refractivity contribution in [1.82, 2.24) is 0 Å². The lowest BCUT2D eigenvalue weighted by Gasteiger charge is -2.26. The summed E-state index contributed by atoms with van der Waals surface area (Å²) in [6, 6.07) is 10.4. The summed E-state index contributed by atoms with van der Waals surface area (Å²) in [5.41, 5.74) is 7.28. The Morgan fingerprint density at radius 1 is 1.36 bits per heavy atom. The van der Waals surface area contributed by atoms with Gasteiger partial charge in [0.15, 0.2) is 0 Å². The molecule has 0 saturated carbocycles. The number of rotatable bonds is 4. The summed E-state index contributed by atoms with van der Waals surface area (Å²) in [6.45, 7) is 1.79. The largest absolute Gasteiger partial charge is 0.379 e. The van der Waals surface area contributed by atoms with Gasteiger partial charge in [0, 0.05) is 11.8 Å². The fraction of sp³-hybridized carbons (Fsp3) is 0.455. The van der Waals surface area contributed by atoms with E-state index in [-0.39, 0.29) is 6.04 Å². The molecule has 1 unspecified atom stereocenters. The maximum Gasteiger partial charge on any atom is 0.0607 e. The summed E-state index contributed by atoms with van der Waals surface area (Å²) >= 11 is 1.92. The minimum atomic E-state index is 0.154. The first-order chi connectivity index (χ1) is 6.86. The minimum Gasteiger partial charge on any atom is -0.379 e. The summed E-state index contributed by atoms with van der Waals surface area (Å²) < 4.78 is 5.11. The van der Waals surface area contributed by atoms with Gasteiger partial charge in [-0.1, -0.05) is 30.3 Å². The van der Waals surface area contributed by atoms with Gasteiger partial charge in [0.05, 0.1) is 18.5 Å². The normalized spacial score (nSPS) is 18.9. The van der Waals surface area contributed by atoms with Gasteiger partial charge >= 0.3 is 0 Å². The molecular formula is C11H15NOS. The average Bonchev–Trinajstić information content (AvgIpc) is 2.16. The van der Waals surface area contributed by atoms with Crippen molar-refractivity contribution < 1.29 is 4.74 Å². The quantitative estimate of drug-likeness (QED) is 0.821. The Bertz CT molecular complexity index is 274. The molecule has 14 heavy (non-hydrogen) atoms. The molecule has 0 amide bonds. The number of hydrogen-bond acceptors (Lipinski definition) is 3. The van der Waals surface area contributed by atoms with Crippen LogP contribution in [0, 0.1) is 0 Å². The minimum absolute atomic E-state index is 0.154. The third-order valence-electron chi connectivity index (χ3n) is 2.35. The van der Waals surface area contributed by atoms with E-state index in [1.165, 1.54) is 5.56 Å². The monoisotopic (exact) mass is 209 g/mol. The zero-order valence-corrected chi connectivity index (χ0v) is 8.87. The molecular weight excluding hydrogens is 194 g/mol. The Balaban J connectivity index is 1.80. The standard InChI is InChI=1S/C11H15NOS/c12-11(8-14-10-6-13-7-10)9-4-2-1-3-5-9/h1-5,10-11H,6-8,12H2. The number of nitrogens with two attached hydrogens (primary N) is 1. The molecule has 0 aliphatic carbocycles. The number of thioether (sulfide) groups is 1. The summed E-state index contributed by atoms with van der Waals surface area (Å²) in [6.07, 6.45) is 0. The SMILES string of the molecule is NC(CSC1COC1)c1ccccc1. The van der Waals surface area contributed by atoms with E-state index in [1.54, 1.807) is 0 Å². The van der Waals surface area contributed by atoms with Gasteiger partial charge in [-0.25, -0.2) is 0 Å². The first-order valence-corrected chi connectivity index (χ1v) is 5.91. The van der Waals surface area contributed by atoms with Crippen LogP contribution in [0.2, 0.25) is 0 Å². The van der Waals surface area contributed by atoms with Crippen LogP contribution >= 0.6 is 11.8 Å². The van der Waals surface area contributed by atoms with Crippen molar-refractivity contribution in [1.29, 1.82) is 0 Å². The predicted octanol–water partition coefficient (Wildman–Crippen LogP) is 1.82. The van der Waals surface area contributed by atoms with Gasteiger partial charge in [-0.3, -0.25) is 0 Å². The van der Waals surface area contributed by atoms with Gasteiger partial charge in [0.2, 0.25) is 0 Å². The van der Waals surface area contributed by atoms with E-state index < -0.39 is 0 Å². The van der Waals surface area contributed by atoms with Crippen LogP contribution in [0.3, 0.4) is 0 Å². The molecule has 0 bridgehead atoms. The Kier molecular flexibility index (Phi) is 3.45. The van der Waals surface area contributed by atoms with Crippen LogP contribution in [0.15, 0.2) is 30.3 Å². The molecule has 2 rings (SSSR count). The number of benzene rings is 1. The summed E-state index contributed by atoms with van der Waals surface area (Å²) in [5, 5.41) is 0.671. The zero-order chi connectivity index (χ0) is 9.80. The third-order valence-corrected chi connectivity index (χ3v) is 3.64. The highest BCUT2D eigenvalue weighted by Crippen LogP contribution is 2.23. The van der Waals surface area contributed by atoms with E-state index in [9.17, 15) is 0 Å². The van der Waals surface area contributed by atoms with E-state index in [2.05, 4.69) is 12.1 Å². The maximum atomic E-state index is 6.06. The fourth-order valence-corrected chi connectivity index (χ4v) is 2.40. The number of ether oxygens (including phenoxy) is 1. The summed E-state index contributed by atoms with van der Waals surface area (Å²) in [7, 11) is 0. The van der Waals surface area contributed by atoms with Gasteiger partial charge < -0.3 is 10.5 Å². The van der Waals surface area contributed by atoms with Gasteiger partial charge in [0.25, 0.3) is 0 Å². The lowest BCUT2D eigenvalue weighted by atomic mass is 10.1. The van der Waals surface area contributed by atoms with Crippen LogP contribution in [0.4, 0.5) is 0 Å². The van der Waals surface area contributed by atoms with E-state index >= 15 is 0 Å². The van der Waals surface area contributed by atoms with Gasteiger partial charge in [0.1, 0.15) is 0 Å². The first kappa shape index (κ1) is 10.0. The first-order valence-electron chi connectivity index (χ1n) is 4.86. The highest BCUT2D eigenvalue weighted by atomic mass is 32.2. The van der Waals surface area contributed by atoms with E-state index in [0.29, 0.717) is 5.25 Å². The molecule has 1 aromatic carbocycles.